The van der Waals surface area contributed by atoms with Crippen molar-refractivity contribution < 1.29 is 0 Å². The SMILES string of the molecule is c1ccc(-c2nc(-c3ccccc3)nc(-n3c4ccccc4c4c3ccc3c5ccccc5n(-c5cccc(-n6c7ccccc7c7c6ccc6c8ccccc8n(-c8nc(-c9ccccc9)nc(-c9ccccc9)n8)c67)n5)c34)n2)cc1. The van der Waals surface area contributed by atoms with Crippen LogP contribution in [0.2, 0.25) is 0 Å². The average molecular weight is 1050 g/mol. The monoisotopic (exact) mass is 1050 g/mol. The van der Waals surface area contributed by atoms with E-state index >= 15 is 0 Å². The lowest BCUT2D eigenvalue weighted by Gasteiger charge is -2.13. The van der Waals surface area contributed by atoms with Crippen LogP contribution in [0.15, 0.2) is 261 Å². The molecule has 0 aliphatic carbocycles. The Morgan fingerprint density at radius 3 is 0.976 bits per heavy atom. The molecule has 0 unspecified atom stereocenters. The van der Waals surface area contributed by atoms with E-state index in [2.05, 4.69) is 158 Å². The molecule has 82 heavy (non-hydrogen) atoms. The standard InChI is InChI=1S/C71H43N11/c1-5-22-44(23-6-1)66-73-67(45-24-7-2-8-25-45)76-70(75-66)80-57-37-20-16-33-53(57)63-59(80)43-41-50-48-30-13-17-34-54(48)81(64(50)63)61-39-21-38-60(72-61)79-56-36-19-15-32-52(56)62-58(79)42-40-51-49-31-14-18-35-55(49)82(65(51)62)71-77-68(46-26-9-3-10-27-46)74-69(78-71)47-28-11-4-12-29-47/h1-43H. The molecule has 11 nitrogen and oxygen atoms in total. The van der Waals surface area contributed by atoms with E-state index in [9.17, 15) is 0 Å². The van der Waals surface area contributed by atoms with E-state index in [-0.39, 0.29) is 0 Å². The van der Waals surface area contributed by atoms with Crippen molar-refractivity contribution in [2.45, 2.75) is 0 Å². The van der Waals surface area contributed by atoms with Gasteiger partial charge in [-0.2, -0.15) is 19.9 Å². The third-order valence-corrected chi connectivity index (χ3v) is 15.9. The first-order valence-electron chi connectivity index (χ1n) is 27.3. The quantitative estimate of drug-likeness (QED) is 0.149. The molecule has 7 aromatic heterocycles. The zero-order valence-electron chi connectivity index (χ0n) is 43.7. The molecule has 0 saturated carbocycles. The van der Waals surface area contributed by atoms with Crippen molar-refractivity contribution in [2.75, 3.05) is 0 Å². The predicted octanol–water partition coefficient (Wildman–Crippen LogP) is 16.5. The van der Waals surface area contributed by atoms with Gasteiger partial charge in [-0.1, -0.05) is 212 Å². The normalized spacial score (nSPS) is 11.9. The molecule has 0 radical (unpaired) electrons. The Kier molecular flexibility index (Phi) is 10.0. The minimum atomic E-state index is 0.532. The van der Waals surface area contributed by atoms with Crippen LogP contribution < -0.4 is 0 Å². The number of fused-ring (bicyclic) bond motifs is 14. The van der Waals surface area contributed by atoms with Gasteiger partial charge in [-0.25, -0.2) is 15.0 Å². The molecule has 0 spiro atoms. The summed E-state index contributed by atoms with van der Waals surface area (Å²) in [6.45, 7) is 0. The Morgan fingerprint density at radius 2 is 0.524 bits per heavy atom. The Morgan fingerprint density at radius 1 is 0.195 bits per heavy atom. The lowest BCUT2D eigenvalue weighted by atomic mass is 10.1. The summed E-state index contributed by atoms with van der Waals surface area (Å²) in [5.74, 6) is 5.00. The van der Waals surface area contributed by atoms with E-state index in [4.69, 9.17) is 34.9 Å². The number of aromatic nitrogens is 11. The van der Waals surface area contributed by atoms with Gasteiger partial charge in [0.1, 0.15) is 11.6 Å². The Bertz CT molecular complexity index is 5280. The molecule has 0 bridgehead atoms. The third-order valence-electron chi connectivity index (χ3n) is 15.9. The number of para-hydroxylation sites is 4. The maximum absolute atomic E-state index is 5.74. The van der Waals surface area contributed by atoms with Crippen molar-refractivity contribution in [3.05, 3.63) is 261 Å². The van der Waals surface area contributed by atoms with Gasteiger partial charge in [0, 0.05) is 65.3 Å². The van der Waals surface area contributed by atoms with Crippen molar-refractivity contribution >= 4 is 87.2 Å². The van der Waals surface area contributed by atoms with Crippen LogP contribution in [0.5, 0.6) is 0 Å². The molecule has 17 aromatic rings. The fraction of sp³-hybridized carbons (Fsp3) is 0. The summed E-state index contributed by atoms with van der Waals surface area (Å²) < 4.78 is 9.07. The number of benzene rings is 10. The summed E-state index contributed by atoms with van der Waals surface area (Å²) in [4.78, 5) is 37.0. The predicted molar refractivity (Wildman–Crippen MR) is 330 cm³/mol. The van der Waals surface area contributed by atoms with Crippen LogP contribution >= 0.6 is 0 Å². The van der Waals surface area contributed by atoms with Gasteiger partial charge in [0.15, 0.2) is 23.3 Å². The highest BCUT2D eigenvalue weighted by Crippen LogP contribution is 2.44. The molecule has 10 aromatic carbocycles. The molecule has 0 fully saturated rings. The minimum Gasteiger partial charge on any atom is -0.294 e. The zero-order chi connectivity index (χ0) is 53.8. The van der Waals surface area contributed by atoms with Crippen LogP contribution in [0.1, 0.15) is 0 Å². The molecular formula is C71H43N11. The van der Waals surface area contributed by atoms with E-state index in [0.717, 1.165) is 121 Å². The van der Waals surface area contributed by atoms with Gasteiger partial charge in [-0.05, 0) is 48.5 Å². The Hall–Kier alpha value is -11.4. The van der Waals surface area contributed by atoms with Crippen LogP contribution in [0, 0.1) is 0 Å². The second-order valence-corrected chi connectivity index (χ2v) is 20.5. The molecule has 0 amide bonds. The van der Waals surface area contributed by atoms with E-state index in [0.29, 0.717) is 35.2 Å². The van der Waals surface area contributed by atoms with Gasteiger partial charge in [0.2, 0.25) is 11.9 Å². The summed E-state index contributed by atoms with van der Waals surface area (Å²) in [5, 5.41) is 8.70. The maximum Gasteiger partial charge on any atom is 0.238 e. The fourth-order valence-corrected chi connectivity index (χ4v) is 12.4. The third kappa shape index (κ3) is 6.93. The second-order valence-electron chi connectivity index (χ2n) is 20.5. The first kappa shape index (κ1) is 45.6. The molecule has 0 N–H and O–H groups in total. The summed E-state index contributed by atoms with van der Waals surface area (Å²) in [5.41, 5.74) is 11.7. The molecule has 0 saturated heterocycles. The number of hydrogen-bond acceptors (Lipinski definition) is 7. The van der Waals surface area contributed by atoms with Crippen LogP contribution in [-0.4, -0.2) is 53.2 Å². The van der Waals surface area contributed by atoms with E-state index < -0.39 is 0 Å². The first-order valence-corrected chi connectivity index (χ1v) is 27.3. The van der Waals surface area contributed by atoms with Gasteiger partial charge < -0.3 is 0 Å². The number of pyridine rings is 1. The topological polar surface area (TPSA) is 110 Å². The van der Waals surface area contributed by atoms with Gasteiger partial charge in [-0.3, -0.25) is 18.3 Å². The highest BCUT2D eigenvalue weighted by molar-refractivity contribution is 6.27. The first-order chi connectivity index (χ1) is 40.7. The van der Waals surface area contributed by atoms with E-state index in [1.807, 2.05) is 121 Å². The van der Waals surface area contributed by atoms with Crippen LogP contribution in [-0.2, 0) is 0 Å². The Balaban J connectivity index is 0.911. The fourth-order valence-electron chi connectivity index (χ4n) is 12.4. The van der Waals surface area contributed by atoms with Crippen molar-refractivity contribution in [3.63, 3.8) is 0 Å². The summed E-state index contributed by atoms with van der Waals surface area (Å²) in [6.07, 6.45) is 0. The molecular weight excluding hydrogens is 1010 g/mol. The summed E-state index contributed by atoms with van der Waals surface area (Å²) in [6, 6.07) is 90.2. The average Bonchev–Trinajstić information content (AvgIpc) is 2.65. The van der Waals surface area contributed by atoms with E-state index in [1.54, 1.807) is 0 Å². The largest absolute Gasteiger partial charge is 0.294 e. The van der Waals surface area contributed by atoms with Crippen LogP contribution in [0.3, 0.4) is 0 Å². The van der Waals surface area contributed by atoms with Crippen molar-refractivity contribution in [2.24, 2.45) is 0 Å². The van der Waals surface area contributed by atoms with Crippen molar-refractivity contribution in [3.8, 4) is 69.1 Å². The number of rotatable bonds is 8. The maximum atomic E-state index is 5.74. The molecule has 382 valence electrons. The van der Waals surface area contributed by atoms with Gasteiger partial charge in [0.25, 0.3) is 0 Å². The summed E-state index contributed by atoms with van der Waals surface area (Å²) in [7, 11) is 0. The highest BCUT2D eigenvalue weighted by atomic mass is 15.2. The molecule has 0 aliphatic heterocycles. The molecule has 11 heteroatoms. The van der Waals surface area contributed by atoms with Gasteiger partial charge >= 0.3 is 0 Å². The smallest absolute Gasteiger partial charge is 0.238 e. The number of nitrogens with zero attached hydrogens (tertiary/aromatic N) is 11. The number of hydrogen-bond donors (Lipinski definition) is 0. The van der Waals surface area contributed by atoms with Crippen molar-refractivity contribution in [1.29, 1.82) is 0 Å². The molecule has 17 rings (SSSR count). The molecule has 0 aliphatic rings. The lowest BCUT2D eigenvalue weighted by Crippen LogP contribution is -2.06. The van der Waals surface area contributed by atoms with Crippen molar-refractivity contribution in [1.82, 2.24) is 53.2 Å². The van der Waals surface area contributed by atoms with Gasteiger partial charge in [0.05, 0.1) is 44.1 Å². The second kappa shape index (κ2) is 18.1. The highest BCUT2D eigenvalue weighted by Gasteiger charge is 2.26. The van der Waals surface area contributed by atoms with Crippen LogP contribution in [0.4, 0.5) is 0 Å². The van der Waals surface area contributed by atoms with Crippen LogP contribution in [0.25, 0.3) is 156 Å². The molecule has 0 atom stereocenters. The lowest BCUT2D eigenvalue weighted by molar-refractivity contribution is 0.953. The summed E-state index contributed by atoms with van der Waals surface area (Å²) >= 11 is 0. The molecule has 7 heterocycles. The Labute approximate surface area is 468 Å². The van der Waals surface area contributed by atoms with E-state index in [1.165, 1.54) is 0 Å². The zero-order valence-corrected chi connectivity index (χ0v) is 43.7. The minimum absolute atomic E-state index is 0.532. The van der Waals surface area contributed by atoms with Gasteiger partial charge in [-0.15, -0.1) is 0 Å².